The van der Waals surface area contributed by atoms with Gasteiger partial charge in [0.25, 0.3) is 5.91 Å². The highest BCUT2D eigenvalue weighted by Crippen LogP contribution is 2.38. The Labute approximate surface area is 164 Å². The van der Waals surface area contributed by atoms with E-state index < -0.39 is 5.97 Å². The van der Waals surface area contributed by atoms with Crippen LogP contribution in [0.15, 0.2) is 39.9 Å². The molecule has 27 heavy (non-hydrogen) atoms. The molecule has 0 radical (unpaired) electrons. The third kappa shape index (κ3) is 3.69. The maximum absolute atomic E-state index is 12.7. The smallest absolute Gasteiger partial charge is 0.340 e. The summed E-state index contributed by atoms with van der Waals surface area (Å²) in [6.07, 6.45) is 3.01. The fourth-order valence-electron chi connectivity index (χ4n) is 2.62. The van der Waals surface area contributed by atoms with Gasteiger partial charge in [-0.2, -0.15) is 0 Å². The second-order valence-corrected chi connectivity index (χ2v) is 7.09. The van der Waals surface area contributed by atoms with Gasteiger partial charge in [0.1, 0.15) is 15.6 Å². The SMILES string of the molecule is COc1ccc(/C=C2\SC(=S)N(Cc3ccco3)C2=O)c(C(=O)O)c1OC. The summed E-state index contributed by atoms with van der Waals surface area (Å²) in [7, 11) is 2.78. The minimum absolute atomic E-state index is 0.0878. The predicted molar refractivity (Wildman–Crippen MR) is 104 cm³/mol. The topological polar surface area (TPSA) is 89.2 Å². The highest BCUT2D eigenvalue weighted by Gasteiger charge is 2.33. The molecule has 0 bridgehead atoms. The van der Waals surface area contributed by atoms with E-state index >= 15 is 0 Å². The fraction of sp³-hybridized carbons (Fsp3) is 0.167. The first-order valence-electron chi connectivity index (χ1n) is 7.72. The first kappa shape index (κ1) is 19.0. The molecular formula is C18H15NO6S2. The van der Waals surface area contributed by atoms with E-state index in [4.69, 9.17) is 26.1 Å². The van der Waals surface area contributed by atoms with Crippen LogP contribution in [0, 0.1) is 0 Å². The van der Waals surface area contributed by atoms with Crippen molar-refractivity contribution in [3.63, 3.8) is 0 Å². The van der Waals surface area contributed by atoms with Gasteiger partial charge in [0.05, 0.1) is 31.9 Å². The number of methoxy groups -OCH3 is 2. The number of carboxylic acid groups (broad SMARTS) is 1. The van der Waals surface area contributed by atoms with E-state index in [1.54, 1.807) is 24.3 Å². The number of carbonyl (C=O) groups is 2. The van der Waals surface area contributed by atoms with E-state index in [1.165, 1.54) is 31.5 Å². The number of furan rings is 1. The summed E-state index contributed by atoms with van der Waals surface area (Å²) in [4.78, 5) is 26.2. The Hall–Kier alpha value is -2.78. The number of amides is 1. The van der Waals surface area contributed by atoms with E-state index in [1.807, 2.05) is 0 Å². The van der Waals surface area contributed by atoms with Gasteiger partial charge in [-0.25, -0.2) is 4.79 Å². The molecule has 1 N–H and O–H groups in total. The van der Waals surface area contributed by atoms with Crippen LogP contribution in [0.5, 0.6) is 11.5 Å². The maximum atomic E-state index is 12.7. The van der Waals surface area contributed by atoms with Crippen molar-refractivity contribution in [2.45, 2.75) is 6.54 Å². The molecule has 1 aromatic carbocycles. The van der Waals surface area contributed by atoms with Crippen molar-refractivity contribution in [1.82, 2.24) is 4.90 Å². The van der Waals surface area contributed by atoms with E-state index in [0.717, 1.165) is 11.8 Å². The zero-order valence-electron chi connectivity index (χ0n) is 14.4. The number of hydrogen-bond donors (Lipinski definition) is 1. The lowest BCUT2D eigenvalue weighted by atomic mass is 10.0. The van der Waals surface area contributed by atoms with E-state index in [2.05, 4.69) is 0 Å². The number of benzene rings is 1. The van der Waals surface area contributed by atoms with Gasteiger partial charge in [0, 0.05) is 0 Å². The summed E-state index contributed by atoms with van der Waals surface area (Å²) in [5, 5.41) is 9.61. The Morgan fingerprint density at radius 3 is 2.70 bits per heavy atom. The molecule has 0 saturated carbocycles. The summed E-state index contributed by atoms with van der Waals surface area (Å²) in [5.74, 6) is -0.525. The first-order chi connectivity index (χ1) is 13.0. The second kappa shape index (κ2) is 7.85. The molecule has 1 aromatic heterocycles. The molecule has 1 fully saturated rings. The van der Waals surface area contributed by atoms with Crippen LogP contribution in [0.3, 0.4) is 0 Å². The number of rotatable bonds is 6. The van der Waals surface area contributed by atoms with E-state index in [-0.39, 0.29) is 29.5 Å². The molecule has 0 atom stereocenters. The van der Waals surface area contributed by atoms with Crippen molar-refractivity contribution in [2.24, 2.45) is 0 Å². The van der Waals surface area contributed by atoms with Crippen LogP contribution >= 0.6 is 24.0 Å². The molecule has 1 aliphatic rings. The van der Waals surface area contributed by atoms with Crippen molar-refractivity contribution in [3.8, 4) is 11.5 Å². The molecule has 7 nitrogen and oxygen atoms in total. The second-order valence-electron chi connectivity index (χ2n) is 5.42. The van der Waals surface area contributed by atoms with Crippen LogP contribution in [-0.4, -0.2) is 40.4 Å². The fourth-order valence-corrected chi connectivity index (χ4v) is 3.86. The highest BCUT2D eigenvalue weighted by molar-refractivity contribution is 8.26. The predicted octanol–water partition coefficient (Wildman–Crippen LogP) is 3.40. The zero-order valence-corrected chi connectivity index (χ0v) is 16.1. The van der Waals surface area contributed by atoms with Gasteiger partial charge in [-0.15, -0.1) is 0 Å². The summed E-state index contributed by atoms with van der Waals surface area (Å²) in [6, 6.07) is 6.62. The molecular weight excluding hydrogens is 390 g/mol. The van der Waals surface area contributed by atoms with Gasteiger partial charge in [-0.1, -0.05) is 30.0 Å². The average molecular weight is 405 g/mol. The Kier molecular flexibility index (Phi) is 5.52. The Morgan fingerprint density at radius 1 is 1.33 bits per heavy atom. The summed E-state index contributed by atoms with van der Waals surface area (Å²) < 4.78 is 16.0. The molecule has 1 aliphatic heterocycles. The van der Waals surface area contributed by atoms with Crippen LogP contribution in [-0.2, 0) is 11.3 Å². The molecule has 0 aliphatic carbocycles. The lowest BCUT2D eigenvalue weighted by Gasteiger charge is -2.13. The first-order valence-corrected chi connectivity index (χ1v) is 8.94. The monoisotopic (exact) mass is 405 g/mol. The Bertz CT molecular complexity index is 936. The third-order valence-corrected chi connectivity index (χ3v) is 5.22. The van der Waals surface area contributed by atoms with Gasteiger partial charge in [-0.05, 0) is 29.8 Å². The average Bonchev–Trinajstić information content (AvgIpc) is 3.25. The molecule has 0 spiro atoms. The van der Waals surface area contributed by atoms with Crippen LogP contribution in [0.25, 0.3) is 6.08 Å². The Morgan fingerprint density at radius 2 is 2.11 bits per heavy atom. The standard InChI is InChI=1S/C18H15NO6S2/c1-23-12-6-5-10(14(17(21)22)15(12)24-2)8-13-16(20)19(18(26)27-13)9-11-4-3-7-25-11/h3-8H,9H2,1-2H3,(H,21,22)/b13-8-. The third-order valence-electron chi connectivity index (χ3n) is 3.85. The number of thiocarbonyl (C=S) groups is 1. The molecule has 2 heterocycles. The minimum atomic E-state index is -1.19. The number of carbonyl (C=O) groups excluding carboxylic acids is 1. The summed E-state index contributed by atoms with van der Waals surface area (Å²) in [6.45, 7) is 0.215. The highest BCUT2D eigenvalue weighted by atomic mass is 32.2. The maximum Gasteiger partial charge on any atom is 0.340 e. The van der Waals surface area contributed by atoms with Gasteiger partial charge in [-0.3, -0.25) is 9.69 Å². The number of thioether (sulfide) groups is 1. The van der Waals surface area contributed by atoms with Crippen molar-refractivity contribution in [1.29, 1.82) is 0 Å². The normalized spacial score (nSPS) is 15.5. The van der Waals surface area contributed by atoms with Crippen LogP contribution in [0.2, 0.25) is 0 Å². The van der Waals surface area contributed by atoms with E-state index in [9.17, 15) is 14.7 Å². The number of aromatic carboxylic acids is 1. The van der Waals surface area contributed by atoms with Crippen LogP contribution in [0.4, 0.5) is 0 Å². The molecule has 9 heteroatoms. The molecule has 0 unspecified atom stereocenters. The minimum Gasteiger partial charge on any atom is -0.493 e. The Balaban J connectivity index is 1.98. The molecule has 140 valence electrons. The number of hydrogen-bond acceptors (Lipinski definition) is 7. The van der Waals surface area contributed by atoms with Crippen molar-refractivity contribution in [3.05, 3.63) is 52.3 Å². The lowest BCUT2D eigenvalue weighted by molar-refractivity contribution is -0.122. The van der Waals surface area contributed by atoms with Crippen molar-refractivity contribution in [2.75, 3.05) is 14.2 Å². The van der Waals surface area contributed by atoms with Gasteiger partial charge in [0.2, 0.25) is 0 Å². The number of nitrogens with zero attached hydrogens (tertiary/aromatic N) is 1. The van der Waals surface area contributed by atoms with Gasteiger partial charge in [0.15, 0.2) is 11.5 Å². The van der Waals surface area contributed by atoms with Gasteiger partial charge >= 0.3 is 5.97 Å². The molecule has 2 aromatic rings. The quantitative estimate of drug-likeness (QED) is 0.578. The lowest BCUT2D eigenvalue weighted by Crippen LogP contribution is -2.27. The van der Waals surface area contributed by atoms with Crippen molar-refractivity contribution >= 4 is 46.3 Å². The summed E-state index contributed by atoms with van der Waals surface area (Å²) in [5.41, 5.74) is 0.229. The number of carboxylic acids is 1. The van der Waals surface area contributed by atoms with Crippen molar-refractivity contribution < 1.29 is 28.6 Å². The van der Waals surface area contributed by atoms with E-state index in [0.29, 0.717) is 20.5 Å². The van der Waals surface area contributed by atoms with Crippen LogP contribution in [0.1, 0.15) is 21.7 Å². The zero-order chi connectivity index (χ0) is 19.6. The molecule has 1 saturated heterocycles. The molecule has 3 rings (SSSR count). The summed E-state index contributed by atoms with van der Waals surface area (Å²) >= 11 is 6.39. The molecule has 1 amide bonds. The largest absolute Gasteiger partial charge is 0.493 e. The number of ether oxygens (including phenoxy) is 2. The van der Waals surface area contributed by atoms with Crippen LogP contribution < -0.4 is 9.47 Å². The van der Waals surface area contributed by atoms with Gasteiger partial charge < -0.3 is 19.0 Å².